The highest BCUT2D eigenvalue weighted by Gasteiger charge is 2.48. The minimum atomic E-state index is -1.17. The summed E-state index contributed by atoms with van der Waals surface area (Å²) in [5, 5.41) is 11.3. The van der Waals surface area contributed by atoms with Crippen LogP contribution >= 0.6 is 0 Å². The van der Waals surface area contributed by atoms with Gasteiger partial charge in [-0.05, 0) is 53.4 Å². The predicted octanol–water partition coefficient (Wildman–Crippen LogP) is 5.12. The Kier molecular flexibility index (Phi) is 6.15. The summed E-state index contributed by atoms with van der Waals surface area (Å²) in [6.45, 7) is 3.90. The molecule has 1 amide bonds. The Morgan fingerprint density at radius 2 is 1.88 bits per heavy atom. The van der Waals surface area contributed by atoms with Crippen molar-refractivity contribution in [3.8, 4) is 5.75 Å². The number of nitrogens with zero attached hydrogens (tertiary/aromatic N) is 2. The molecule has 6 nitrogen and oxygen atoms in total. The van der Waals surface area contributed by atoms with Crippen LogP contribution in [0.2, 0.25) is 0 Å². The second-order valence-electron chi connectivity index (χ2n) is 8.16. The van der Waals surface area contributed by atoms with Gasteiger partial charge in [0.05, 0.1) is 24.4 Å². The van der Waals surface area contributed by atoms with Crippen LogP contribution in [0.1, 0.15) is 42.5 Å². The lowest BCUT2D eigenvalue weighted by atomic mass is 9.93. The zero-order chi connectivity index (χ0) is 24.6. The van der Waals surface area contributed by atoms with Crippen molar-refractivity contribution in [2.24, 2.45) is 0 Å². The quantitative estimate of drug-likeness (QED) is 0.322. The van der Waals surface area contributed by atoms with Gasteiger partial charge >= 0.3 is 0 Å². The van der Waals surface area contributed by atoms with Crippen LogP contribution in [0.4, 0.5) is 14.5 Å². The minimum absolute atomic E-state index is 0.0486. The number of hydrogen-bond donors (Lipinski definition) is 1. The van der Waals surface area contributed by atoms with Crippen LogP contribution < -0.4 is 9.64 Å². The number of carbonyl (C=O) groups excluding carboxylic acids is 2. The molecule has 1 aliphatic heterocycles. The standard InChI is InChI=1S/C26H22F2N2O4/c1-14(2)18-11-15(6-9-21(18)34-3)24(31)22-23(16-5-4-10-29-13-16)30(26(33)25(22)32)20-8-7-17(27)12-19(20)28/h4-14,23,31H,1-3H3/b24-22-. The summed E-state index contributed by atoms with van der Waals surface area (Å²) in [5.74, 6) is -3.62. The predicted molar refractivity (Wildman–Crippen MR) is 122 cm³/mol. The van der Waals surface area contributed by atoms with Gasteiger partial charge in [0, 0.05) is 24.0 Å². The van der Waals surface area contributed by atoms with E-state index in [0.29, 0.717) is 22.9 Å². The maximum atomic E-state index is 14.7. The summed E-state index contributed by atoms with van der Waals surface area (Å²) in [5.41, 5.74) is 0.972. The smallest absolute Gasteiger partial charge is 0.300 e. The van der Waals surface area contributed by atoms with Crippen molar-refractivity contribution in [2.75, 3.05) is 12.0 Å². The number of aromatic nitrogens is 1. The zero-order valence-corrected chi connectivity index (χ0v) is 18.8. The fourth-order valence-electron chi connectivity index (χ4n) is 4.10. The lowest BCUT2D eigenvalue weighted by molar-refractivity contribution is -0.132. The SMILES string of the molecule is COc1ccc(/C(O)=C2/C(=O)C(=O)N(c3ccc(F)cc3F)C2c2cccnc2)cc1C(C)C. The fourth-order valence-corrected chi connectivity index (χ4v) is 4.10. The number of Topliss-reactive ketones (excluding diaryl/α,β-unsaturated/α-hetero) is 1. The molecule has 0 radical (unpaired) electrons. The number of aliphatic hydroxyl groups excluding tert-OH is 1. The molecule has 8 heteroatoms. The molecular formula is C26H22F2N2O4. The first-order valence-electron chi connectivity index (χ1n) is 10.6. The molecule has 1 saturated heterocycles. The van der Waals surface area contributed by atoms with Crippen LogP contribution in [0.5, 0.6) is 5.75 Å². The normalized spacial score (nSPS) is 17.5. The Morgan fingerprint density at radius 3 is 2.50 bits per heavy atom. The first kappa shape index (κ1) is 23.1. The van der Waals surface area contributed by atoms with Crippen molar-refractivity contribution in [3.63, 3.8) is 0 Å². The molecule has 1 unspecified atom stereocenters. The molecule has 0 bridgehead atoms. The highest BCUT2D eigenvalue weighted by atomic mass is 19.1. The van der Waals surface area contributed by atoms with Gasteiger partial charge in [-0.3, -0.25) is 19.5 Å². The second-order valence-corrected chi connectivity index (χ2v) is 8.16. The molecule has 2 heterocycles. The first-order valence-corrected chi connectivity index (χ1v) is 10.6. The summed E-state index contributed by atoms with van der Waals surface area (Å²) in [7, 11) is 1.53. The van der Waals surface area contributed by atoms with Gasteiger partial charge in [0.2, 0.25) is 0 Å². The highest BCUT2D eigenvalue weighted by Crippen LogP contribution is 2.43. The third-order valence-electron chi connectivity index (χ3n) is 5.74. The van der Waals surface area contributed by atoms with E-state index in [-0.39, 0.29) is 17.2 Å². The van der Waals surface area contributed by atoms with Crippen LogP contribution in [0.3, 0.4) is 0 Å². The molecule has 0 saturated carbocycles. The van der Waals surface area contributed by atoms with Crippen molar-refractivity contribution >= 4 is 23.1 Å². The van der Waals surface area contributed by atoms with Crippen LogP contribution in [0.25, 0.3) is 5.76 Å². The average molecular weight is 464 g/mol. The van der Waals surface area contributed by atoms with Crippen molar-refractivity contribution in [3.05, 3.63) is 94.8 Å². The van der Waals surface area contributed by atoms with Gasteiger partial charge in [-0.2, -0.15) is 0 Å². The Bertz CT molecular complexity index is 1310. The zero-order valence-electron chi connectivity index (χ0n) is 18.8. The third kappa shape index (κ3) is 3.91. The number of rotatable bonds is 5. The molecule has 174 valence electrons. The van der Waals surface area contributed by atoms with Gasteiger partial charge in [-0.25, -0.2) is 8.78 Å². The maximum Gasteiger partial charge on any atom is 0.300 e. The molecule has 0 aliphatic carbocycles. The number of ether oxygens (including phenoxy) is 1. The second kappa shape index (κ2) is 9.05. The molecule has 0 spiro atoms. The molecular weight excluding hydrogens is 442 g/mol. The lowest BCUT2D eigenvalue weighted by Gasteiger charge is -2.25. The number of ketones is 1. The minimum Gasteiger partial charge on any atom is -0.507 e. The topological polar surface area (TPSA) is 79.7 Å². The van der Waals surface area contributed by atoms with Crippen molar-refractivity contribution < 1.29 is 28.2 Å². The van der Waals surface area contributed by atoms with E-state index in [1.807, 2.05) is 13.8 Å². The summed E-state index contributed by atoms with van der Waals surface area (Å²) in [6.07, 6.45) is 2.93. The van der Waals surface area contributed by atoms with E-state index in [4.69, 9.17) is 4.74 Å². The van der Waals surface area contributed by atoms with E-state index in [0.717, 1.165) is 22.6 Å². The Morgan fingerprint density at radius 1 is 1.12 bits per heavy atom. The number of amides is 1. The van der Waals surface area contributed by atoms with E-state index >= 15 is 0 Å². The number of carbonyl (C=O) groups is 2. The van der Waals surface area contributed by atoms with Gasteiger partial charge in [0.25, 0.3) is 11.7 Å². The first-order chi connectivity index (χ1) is 16.2. The van der Waals surface area contributed by atoms with Gasteiger partial charge < -0.3 is 9.84 Å². The number of aliphatic hydroxyl groups is 1. The molecule has 1 aromatic heterocycles. The largest absolute Gasteiger partial charge is 0.507 e. The molecule has 1 N–H and O–H groups in total. The summed E-state index contributed by atoms with van der Waals surface area (Å²) in [6, 6.07) is 9.68. The fraction of sp³-hybridized carbons (Fsp3) is 0.192. The summed E-state index contributed by atoms with van der Waals surface area (Å²) in [4.78, 5) is 31.2. The summed E-state index contributed by atoms with van der Waals surface area (Å²) >= 11 is 0. The highest BCUT2D eigenvalue weighted by molar-refractivity contribution is 6.51. The monoisotopic (exact) mass is 464 g/mol. The Balaban J connectivity index is 1.95. The number of methoxy groups -OCH3 is 1. The van der Waals surface area contributed by atoms with Crippen LogP contribution in [0.15, 0.2) is 66.5 Å². The van der Waals surface area contributed by atoms with Gasteiger partial charge in [0.1, 0.15) is 23.1 Å². The Labute approximate surface area is 195 Å². The van der Waals surface area contributed by atoms with E-state index in [2.05, 4.69) is 4.98 Å². The molecule has 4 rings (SSSR count). The molecule has 3 aromatic rings. The molecule has 1 atom stereocenters. The van der Waals surface area contributed by atoms with Crippen molar-refractivity contribution in [1.82, 2.24) is 4.98 Å². The maximum absolute atomic E-state index is 14.7. The van der Waals surface area contributed by atoms with Crippen LogP contribution in [-0.2, 0) is 9.59 Å². The average Bonchev–Trinajstić information content (AvgIpc) is 3.09. The summed E-state index contributed by atoms with van der Waals surface area (Å²) < 4.78 is 33.6. The van der Waals surface area contributed by atoms with Gasteiger partial charge in [0.15, 0.2) is 0 Å². The van der Waals surface area contributed by atoms with Crippen molar-refractivity contribution in [1.29, 1.82) is 0 Å². The number of benzene rings is 2. The van der Waals surface area contributed by atoms with Gasteiger partial charge in [-0.1, -0.05) is 19.9 Å². The van der Waals surface area contributed by atoms with E-state index in [1.165, 1.54) is 19.5 Å². The van der Waals surface area contributed by atoms with Crippen LogP contribution in [0, 0.1) is 11.6 Å². The van der Waals surface area contributed by atoms with Crippen molar-refractivity contribution in [2.45, 2.75) is 25.8 Å². The number of halogens is 2. The third-order valence-corrected chi connectivity index (χ3v) is 5.74. The van der Waals surface area contributed by atoms with E-state index in [9.17, 15) is 23.5 Å². The lowest BCUT2D eigenvalue weighted by Crippen LogP contribution is -2.30. The number of anilines is 1. The number of hydrogen-bond acceptors (Lipinski definition) is 5. The molecule has 34 heavy (non-hydrogen) atoms. The van der Waals surface area contributed by atoms with Gasteiger partial charge in [-0.15, -0.1) is 0 Å². The van der Waals surface area contributed by atoms with E-state index in [1.54, 1.807) is 30.3 Å². The molecule has 2 aromatic carbocycles. The molecule has 1 aliphatic rings. The van der Waals surface area contributed by atoms with Crippen LogP contribution in [-0.4, -0.2) is 28.9 Å². The Hall–Kier alpha value is -4.07. The number of pyridine rings is 1. The van der Waals surface area contributed by atoms with E-state index < -0.39 is 35.1 Å². The molecule has 1 fully saturated rings.